The van der Waals surface area contributed by atoms with Crippen LogP contribution in [0.3, 0.4) is 0 Å². The maximum Gasteiger partial charge on any atom is 0.316 e. The number of carbonyl (C=O) groups excluding carboxylic acids is 2. The quantitative estimate of drug-likeness (QED) is 0.599. The minimum Gasteiger partial charge on any atom is -0.496 e. The number of rotatable bonds is 5. The molecule has 0 radical (unpaired) electrons. The number of carbonyl (C=O) groups is 2. The number of pyridine rings is 1. The highest BCUT2D eigenvalue weighted by atomic mass is 35.5. The monoisotopic (exact) mass is 404 g/mol. The lowest BCUT2D eigenvalue weighted by Gasteiger charge is -2.13. The highest BCUT2D eigenvalue weighted by molar-refractivity contribution is 6.34. The third-order valence-corrected chi connectivity index (χ3v) is 4.18. The topological polar surface area (TPSA) is 130 Å². The summed E-state index contributed by atoms with van der Waals surface area (Å²) in [6.07, 6.45) is 1.45. The van der Waals surface area contributed by atoms with Crippen molar-refractivity contribution in [2.75, 3.05) is 12.4 Å². The molecule has 0 atom stereocenters. The first kappa shape index (κ1) is 19.2. The number of nitrogens with two attached hydrogens (primary N) is 2. The van der Waals surface area contributed by atoms with Crippen molar-refractivity contribution < 1.29 is 23.5 Å². The summed E-state index contributed by atoms with van der Waals surface area (Å²) in [6, 6.07) is 6.18. The van der Waals surface area contributed by atoms with Gasteiger partial charge in [-0.05, 0) is 24.3 Å². The molecule has 0 saturated carbocycles. The van der Waals surface area contributed by atoms with Crippen LogP contribution in [0.25, 0.3) is 10.9 Å². The van der Waals surface area contributed by atoms with Gasteiger partial charge in [-0.1, -0.05) is 11.6 Å². The average molecular weight is 405 g/mol. The van der Waals surface area contributed by atoms with E-state index in [0.717, 1.165) is 0 Å². The summed E-state index contributed by atoms with van der Waals surface area (Å²) in [6.45, 7) is 0. The minimum atomic E-state index is -0.901. The van der Waals surface area contributed by atoms with Crippen molar-refractivity contribution in [1.29, 1.82) is 0 Å². The van der Waals surface area contributed by atoms with Crippen LogP contribution in [0.15, 0.2) is 36.5 Å². The molecule has 3 amide bonds. The molecule has 3 rings (SSSR count). The molecule has 0 unspecified atom stereocenters. The lowest BCUT2D eigenvalue weighted by molar-refractivity contribution is 0.0997. The highest BCUT2D eigenvalue weighted by Gasteiger charge is 2.18. The number of anilines is 1. The molecule has 10 heteroatoms. The smallest absolute Gasteiger partial charge is 0.316 e. The number of primary amides is 2. The van der Waals surface area contributed by atoms with Gasteiger partial charge in [-0.3, -0.25) is 9.78 Å². The molecule has 0 bridgehead atoms. The fraction of sp³-hybridized carbons (Fsp3) is 0.0556. The van der Waals surface area contributed by atoms with Crippen LogP contribution in [-0.4, -0.2) is 24.0 Å². The molecule has 2 aromatic carbocycles. The van der Waals surface area contributed by atoms with Crippen molar-refractivity contribution in [1.82, 2.24) is 4.98 Å². The standard InChI is InChI=1S/C18H14ClFN4O4/c1-27-14-7-11-8(6-9(14)17(21)25)12(4-5-23-11)28-13-3-2-10(24-18(22)26)15(19)16(13)20/h2-7H,1H3,(H2,21,25)(H3,22,24,26). The molecule has 0 aliphatic heterocycles. The fourth-order valence-electron chi connectivity index (χ4n) is 2.56. The molecule has 144 valence electrons. The lowest BCUT2D eigenvalue weighted by atomic mass is 10.1. The number of urea groups is 1. The Bertz CT molecular complexity index is 1110. The van der Waals surface area contributed by atoms with Crippen LogP contribution in [0, 0.1) is 5.82 Å². The van der Waals surface area contributed by atoms with Crippen LogP contribution in [-0.2, 0) is 0 Å². The Morgan fingerprint density at radius 1 is 1.14 bits per heavy atom. The van der Waals surface area contributed by atoms with E-state index in [9.17, 15) is 14.0 Å². The SMILES string of the molecule is COc1cc2nccc(Oc3ccc(NC(N)=O)c(Cl)c3F)c2cc1C(N)=O. The number of nitrogens with zero attached hydrogens (tertiary/aromatic N) is 1. The van der Waals surface area contributed by atoms with Crippen molar-refractivity contribution in [3.63, 3.8) is 0 Å². The first-order chi connectivity index (χ1) is 13.3. The summed E-state index contributed by atoms with van der Waals surface area (Å²) in [5.41, 5.74) is 11.0. The van der Waals surface area contributed by atoms with Crippen LogP contribution >= 0.6 is 11.6 Å². The highest BCUT2D eigenvalue weighted by Crippen LogP contribution is 2.37. The second kappa shape index (κ2) is 7.57. The molecule has 28 heavy (non-hydrogen) atoms. The third kappa shape index (κ3) is 3.60. The molecule has 8 nitrogen and oxygen atoms in total. The van der Waals surface area contributed by atoms with E-state index in [0.29, 0.717) is 10.9 Å². The van der Waals surface area contributed by atoms with Crippen molar-refractivity contribution in [2.24, 2.45) is 11.5 Å². The average Bonchev–Trinajstić information content (AvgIpc) is 2.66. The van der Waals surface area contributed by atoms with Crippen LogP contribution in [0.5, 0.6) is 17.2 Å². The van der Waals surface area contributed by atoms with E-state index in [1.165, 1.54) is 43.6 Å². The number of hydrogen-bond donors (Lipinski definition) is 3. The van der Waals surface area contributed by atoms with Gasteiger partial charge in [0, 0.05) is 17.6 Å². The normalized spacial score (nSPS) is 10.5. The number of aromatic nitrogens is 1. The zero-order valence-corrected chi connectivity index (χ0v) is 15.2. The Kier molecular flexibility index (Phi) is 5.18. The van der Waals surface area contributed by atoms with Gasteiger partial charge in [-0.15, -0.1) is 0 Å². The van der Waals surface area contributed by atoms with Gasteiger partial charge in [-0.2, -0.15) is 0 Å². The largest absolute Gasteiger partial charge is 0.496 e. The van der Waals surface area contributed by atoms with E-state index in [1.54, 1.807) is 0 Å². The predicted octanol–water partition coefficient (Wildman–Crippen LogP) is 3.42. The summed E-state index contributed by atoms with van der Waals surface area (Å²) in [7, 11) is 1.40. The van der Waals surface area contributed by atoms with Gasteiger partial charge in [0.15, 0.2) is 11.6 Å². The van der Waals surface area contributed by atoms with Gasteiger partial charge >= 0.3 is 6.03 Å². The van der Waals surface area contributed by atoms with Gasteiger partial charge in [0.2, 0.25) is 0 Å². The molecule has 0 aliphatic rings. The molecular formula is C18H14ClFN4O4. The van der Waals surface area contributed by atoms with Crippen molar-refractivity contribution in [3.8, 4) is 17.2 Å². The second-order valence-corrected chi connectivity index (χ2v) is 5.95. The Hall–Kier alpha value is -3.59. The Labute approximate surface area is 163 Å². The van der Waals surface area contributed by atoms with Gasteiger partial charge in [-0.25, -0.2) is 9.18 Å². The summed E-state index contributed by atoms with van der Waals surface area (Å²) in [4.78, 5) is 26.8. The Morgan fingerprint density at radius 2 is 1.89 bits per heavy atom. The van der Waals surface area contributed by atoms with Crippen LogP contribution in [0.4, 0.5) is 14.9 Å². The van der Waals surface area contributed by atoms with E-state index in [4.69, 9.17) is 32.5 Å². The van der Waals surface area contributed by atoms with E-state index in [-0.39, 0.29) is 33.5 Å². The number of hydrogen-bond acceptors (Lipinski definition) is 5. The fourth-order valence-corrected chi connectivity index (χ4v) is 2.76. The summed E-state index contributed by atoms with van der Waals surface area (Å²) < 4.78 is 25.3. The molecule has 1 heterocycles. The number of nitrogens with one attached hydrogen (secondary N) is 1. The summed E-state index contributed by atoms with van der Waals surface area (Å²) in [5, 5.41) is 2.25. The second-order valence-electron chi connectivity index (χ2n) is 5.57. The lowest BCUT2D eigenvalue weighted by Crippen LogP contribution is -2.19. The Morgan fingerprint density at radius 3 is 2.54 bits per heavy atom. The molecule has 1 aromatic heterocycles. The minimum absolute atomic E-state index is 0.000598. The van der Waals surface area contributed by atoms with Gasteiger partial charge in [0.25, 0.3) is 5.91 Å². The van der Waals surface area contributed by atoms with Crippen molar-refractivity contribution in [2.45, 2.75) is 0 Å². The molecule has 0 saturated heterocycles. The maximum absolute atomic E-state index is 14.6. The molecular weight excluding hydrogens is 391 g/mol. The summed E-state index contributed by atoms with van der Waals surface area (Å²) in [5.74, 6) is -1.35. The molecule has 0 spiro atoms. The third-order valence-electron chi connectivity index (χ3n) is 3.81. The van der Waals surface area contributed by atoms with Crippen molar-refractivity contribution in [3.05, 3.63) is 52.9 Å². The van der Waals surface area contributed by atoms with Gasteiger partial charge in [0.05, 0.1) is 23.9 Å². The predicted molar refractivity (Wildman–Crippen MR) is 102 cm³/mol. The van der Waals surface area contributed by atoms with Gasteiger partial charge in [0.1, 0.15) is 16.5 Å². The zero-order valence-electron chi connectivity index (χ0n) is 14.5. The molecule has 3 aromatic rings. The van der Waals surface area contributed by atoms with E-state index < -0.39 is 17.8 Å². The van der Waals surface area contributed by atoms with Gasteiger partial charge < -0.3 is 26.3 Å². The van der Waals surface area contributed by atoms with Crippen molar-refractivity contribution >= 4 is 40.1 Å². The van der Waals surface area contributed by atoms with Crippen LogP contribution in [0.1, 0.15) is 10.4 Å². The maximum atomic E-state index is 14.6. The van der Waals surface area contributed by atoms with Crippen LogP contribution < -0.4 is 26.3 Å². The van der Waals surface area contributed by atoms with Crippen LogP contribution in [0.2, 0.25) is 5.02 Å². The number of methoxy groups -OCH3 is 1. The number of halogens is 2. The Balaban J connectivity index is 2.08. The number of ether oxygens (including phenoxy) is 2. The van der Waals surface area contributed by atoms with E-state index in [1.807, 2.05) is 0 Å². The molecule has 0 aliphatic carbocycles. The number of benzene rings is 2. The number of fused-ring (bicyclic) bond motifs is 1. The molecule has 5 N–H and O–H groups in total. The first-order valence-corrected chi connectivity index (χ1v) is 8.18. The van der Waals surface area contributed by atoms with E-state index in [2.05, 4.69) is 10.3 Å². The number of amides is 3. The first-order valence-electron chi connectivity index (χ1n) is 7.80. The van der Waals surface area contributed by atoms with E-state index >= 15 is 0 Å². The zero-order chi connectivity index (χ0) is 20.4. The summed E-state index contributed by atoms with van der Waals surface area (Å²) >= 11 is 5.92. The molecule has 0 fully saturated rings.